The van der Waals surface area contributed by atoms with E-state index in [-0.39, 0.29) is 12.1 Å². The Morgan fingerprint density at radius 3 is 2.48 bits per heavy atom. The monoisotopic (exact) mass is 404 g/mol. The third kappa shape index (κ3) is 3.48. The molecule has 0 aromatic heterocycles. The zero-order valence-corrected chi connectivity index (χ0v) is 19.5. The number of aliphatic hydroxyl groups excluding tert-OH is 1. The summed E-state index contributed by atoms with van der Waals surface area (Å²) in [4.78, 5) is 11.7. The molecule has 4 saturated carbocycles. The van der Waals surface area contributed by atoms with Gasteiger partial charge in [0.2, 0.25) is 0 Å². The average molecular weight is 405 g/mol. The second-order valence-electron chi connectivity index (χ2n) is 12.0. The SMILES string of the molecule is COC(=O)CCC(C)C1CCC2C3C(O)CC4CC(C)CCC4(C)C3CCC12C. The topological polar surface area (TPSA) is 46.5 Å². The summed E-state index contributed by atoms with van der Waals surface area (Å²) in [5.41, 5.74) is 0.787. The van der Waals surface area contributed by atoms with Crippen molar-refractivity contribution in [1.29, 1.82) is 0 Å². The fourth-order valence-corrected chi connectivity index (χ4v) is 9.06. The second-order valence-corrected chi connectivity index (χ2v) is 12.0. The van der Waals surface area contributed by atoms with E-state index in [0.29, 0.717) is 46.8 Å². The maximum atomic E-state index is 11.7. The van der Waals surface area contributed by atoms with Crippen molar-refractivity contribution in [2.24, 2.45) is 52.3 Å². The largest absolute Gasteiger partial charge is 0.469 e. The first-order valence-corrected chi connectivity index (χ1v) is 12.5. The van der Waals surface area contributed by atoms with Gasteiger partial charge in [-0.2, -0.15) is 0 Å². The molecule has 0 saturated heterocycles. The highest BCUT2D eigenvalue weighted by Gasteiger charge is 2.62. The number of ether oxygens (including phenoxy) is 1. The van der Waals surface area contributed by atoms with Crippen LogP contribution in [0.4, 0.5) is 0 Å². The highest BCUT2D eigenvalue weighted by molar-refractivity contribution is 5.69. The van der Waals surface area contributed by atoms with Gasteiger partial charge in [0.25, 0.3) is 0 Å². The van der Waals surface area contributed by atoms with Crippen molar-refractivity contribution < 1.29 is 14.6 Å². The number of methoxy groups -OCH3 is 1. The van der Waals surface area contributed by atoms with Gasteiger partial charge >= 0.3 is 5.97 Å². The van der Waals surface area contributed by atoms with Crippen LogP contribution in [0.15, 0.2) is 0 Å². The summed E-state index contributed by atoms with van der Waals surface area (Å²) in [6.07, 6.45) is 11.7. The number of carbonyl (C=O) groups excluding carboxylic acids is 1. The van der Waals surface area contributed by atoms with Crippen molar-refractivity contribution in [2.75, 3.05) is 7.11 Å². The molecule has 3 heteroatoms. The van der Waals surface area contributed by atoms with Gasteiger partial charge in [0, 0.05) is 6.42 Å². The van der Waals surface area contributed by atoms with E-state index in [1.807, 2.05) is 0 Å². The summed E-state index contributed by atoms with van der Waals surface area (Å²) >= 11 is 0. The van der Waals surface area contributed by atoms with Crippen LogP contribution in [0.2, 0.25) is 0 Å². The van der Waals surface area contributed by atoms with Gasteiger partial charge < -0.3 is 9.84 Å². The molecule has 29 heavy (non-hydrogen) atoms. The molecule has 0 heterocycles. The quantitative estimate of drug-likeness (QED) is 0.599. The van der Waals surface area contributed by atoms with Crippen LogP contribution in [0.1, 0.15) is 91.9 Å². The first-order chi connectivity index (χ1) is 13.7. The van der Waals surface area contributed by atoms with Crippen LogP contribution in [0, 0.1) is 52.3 Å². The molecule has 166 valence electrons. The van der Waals surface area contributed by atoms with Gasteiger partial charge in [-0.05, 0) is 104 Å². The molecule has 4 rings (SSSR count). The Bertz CT molecular complexity index is 617. The smallest absolute Gasteiger partial charge is 0.305 e. The van der Waals surface area contributed by atoms with Gasteiger partial charge in [0.05, 0.1) is 13.2 Å². The maximum Gasteiger partial charge on any atom is 0.305 e. The van der Waals surface area contributed by atoms with E-state index in [2.05, 4.69) is 27.7 Å². The number of carbonyl (C=O) groups is 1. The molecule has 10 unspecified atom stereocenters. The highest BCUT2D eigenvalue weighted by atomic mass is 16.5. The van der Waals surface area contributed by atoms with Crippen LogP contribution in [0.5, 0.6) is 0 Å². The Hall–Kier alpha value is -0.570. The summed E-state index contributed by atoms with van der Waals surface area (Å²) in [7, 11) is 1.49. The van der Waals surface area contributed by atoms with Crippen molar-refractivity contribution >= 4 is 5.97 Å². The summed E-state index contributed by atoms with van der Waals surface area (Å²) < 4.78 is 4.88. The predicted octanol–water partition coefficient (Wildman–Crippen LogP) is 5.84. The van der Waals surface area contributed by atoms with E-state index in [0.717, 1.165) is 24.7 Å². The molecule has 0 aromatic rings. The third-order valence-electron chi connectivity index (χ3n) is 10.7. The van der Waals surface area contributed by atoms with Crippen molar-refractivity contribution in [2.45, 2.75) is 98.0 Å². The van der Waals surface area contributed by atoms with Gasteiger partial charge in [-0.3, -0.25) is 4.79 Å². The van der Waals surface area contributed by atoms with Crippen LogP contribution >= 0.6 is 0 Å². The van der Waals surface area contributed by atoms with E-state index in [1.165, 1.54) is 52.1 Å². The molecule has 0 amide bonds. The predicted molar refractivity (Wildman–Crippen MR) is 116 cm³/mol. The van der Waals surface area contributed by atoms with Crippen molar-refractivity contribution in [3.8, 4) is 0 Å². The first-order valence-electron chi connectivity index (χ1n) is 12.5. The molecule has 10 atom stereocenters. The van der Waals surface area contributed by atoms with Crippen molar-refractivity contribution in [3.63, 3.8) is 0 Å². The average Bonchev–Trinajstić information content (AvgIpc) is 3.04. The molecular weight excluding hydrogens is 360 g/mol. The fraction of sp³-hybridized carbons (Fsp3) is 0.962. The molecule has 4 aliphatic carbocycles. The minimum atomic E-state index is -0.0999. The Kier molecular flexibility index (Phi) is 5.86. The lowest BCUT2D eigenvalue weighted by Gasteiger charge is -2.62. The van der Waals surface area contributed by atoms with Gasteiger partial charge in [-0.1, -0.05) is 34.1 Å². The third-order valence-corrected chi connectivity index (χ3v) is 10.7. The van der Waals surface area contributed by atoms with Crippen molar-refractivity contribution in [1.82, 2.24) is 0 Å². The molecular formula is C26H44O3. The summed E-state index contributed by atoms with van der Waals surface area (Å²) in [5.74, 6) is 4.60. The van der Waals surface area contributed by atoms with Crippen LogP contribution in [-0.2, 0) is 9.53 Å². The van der Waals surface area contributed by atoms with Crippen LogP contribution in [-0.4, -0.2) is 24.3 Å². The van der Waals surface area contributed by atoms with E-state index >= 15 is 0 Å². The van der Waals surface area contributed by atoms with E-state index < -0.39 is 0 Å². The van der Waals surface area contributed by atoms with E-state index in [9.17, 15) is 9.90 Å². The maximum absolute atomic E-state index is 11.7. The molecule has 4 aliphatic rings. The summed E-state index contributed by atoms with van der Waals surface area (Å²) in [6, 6.07) is 0. The molecule has 0 bridgehead atoms. The standard InChI is InChI=1S/C26H44O3/c1-16-10-12-25(3)18(14-16)15-22(27)24-20-8-7-19(17(2)6-9-23(28)29-5)26(20,4)13-11-21(24)25/h16-22,24,27H,6-15H2,1-5H3. The minimum absolute atomic E-state index is 0.0755. The molecule has 4 fully saturated rings. The van der Waals surface area contributed by atoms with Crippen LogP contribution in [0.25, 0.3) is 0 Å². The molecule has 0 spiro atoms. The zero-order chi connectivity index (χ0) is 21.0. The zero-order valence-electron chi connectivity index (χ0n) is 19.5. The number of rotatable bonds is 4. The Balaban J connectivity index is 1.53. The lowest BCUT2D eigenvalue weighted by atomic mass is 9.43. The summed E-state index contributed by atoms with van der Waals surface area (Å²) in [5, 5.41) is 11.4. The molecule has 3 nitrogen and oxygen atoms in total. The minimum Gasteiger partial charge on any atom is -0.469 e. The van der Waals surface area contributed by atoms with E-state index in [1.54, 1.807) is 0 Å². The molecule has 0 radical (unpaired) electrons. The number of hydrogen-bond acceptors (Lipinski definition) is 3. The number of esters is 1. The Morgan fingerprint density at radius 2 is 1.76 bits per heavy atom. The Labute approximate surface area is 178 Å². The molecule has 0 aliphatic heterocycles. The second kappa shape index (κ2) is 7.84. The summed E-state index contributed by atoms with van der Waals surface area (Å²) in [6.45, 7) is 9.88. The normalized spacial score (nSPS) is 50.2. The fourth-order valence-electron chi connectivity index (χ4n) is 9.06. The molecule has 1 N–H and O–H groups in total. The van der Waals surface area contributed by atoms with E-state index in [4.69, 9.17) is 4.74 Å². The number of aliphatic hydroxyl groups is 1. The first kappa shape index (κ1) is 21.7. The van der Waals surface area contributed by atoms with Gasteiger partial charge in [-0.15, -0.1) is 0 Å². The lowest BCUT2D eigenvalue weighted by molar-refractivity contribution is -0.168. The van der Waals surface area contributed by atoms with Crippen LogP contribution in [0.3, 0.4) is 0 Å². The van der Waals surface area contributed by atoms with Crippen molar-refractivity contribution in [3.05, 3.63) is 0 Å². The van der Waals surface area contributed by atoms with Gasteiger partial charge in [0.15, 0.2) is 0 Å². The lowest BCUT2D eigenvalue weighted by Crippen LogP contribution is -2.58. The number of fused-ring (bicyclic) bond motifs is 5. The van der Waals surface area contributed by atoms with Gasteiger partial charge in [0.1, 0.15) is 0 Å². The van der Waals surface area contributed by atoms with Crippen LogP contribution < -0.4 is 0 Å². The molecule has 0 aromatic carbocycles. The Morgan fingerprint density at radius 1 is 1.07 bits per heavy atom. The number of hydrogen-bond donors (Lipinski definition) is 1. The van der Waals surface area contributed by atoms with Gasteiger partial charge in [-0.25, -0.2) is 0 Å². The highest BCUT2D eigenvalue weighted by Crippen LogP contribution is 2.68.